The van der Waals surface area contributed by atoms with Crippen molar-refractivity contribution in [3.05, 3.63) is 180 Å². The Kier molecular flexibility index (Phi) is 6.84. The molecule has 8 aromatic rings. The molecule has 0 amide bonds. The van der Waals surface area contributed by atoms with Gasteiger partial charge in [-0.3, -0.25) is 9.08 Å². The van der Waals surface area contributed by atoms with E-state index >= 15 is 4.39 Å². The van der Waals surface area contributed by atoms with Gasteiger partial charge in [0.05, 0.1) is 6.20 Å². The summed E-state index contributed by atoms with van der Waals surface area (Å²) >= 11 is 1.46. The van der Waals surface area contributed by atoms with Crippen LogP contribution >= 0.6 is 11.3 Å². The van der Waals surface area contributed by atoms with E-state index in [1.54, 1.807) is 28.9 Å². The van der Waals surface area contributed by atoms with Crippen LogP contribution in [0.4, 0.5) is 8.78 Å². The van der Waals surface area contributed by atoms with Gasteiger partial charge in [-0.2, -0.15) is 5.10 Å². The predicted octanol–water partition coefficient (Wildman–Crippen LogP) is 9.11. The molecule has 0 radical (unpaired) electrons. The minimum absolute atomic E-state index is 0.205. The molecule has 4 heterocycles. The van der Waals surface area contributed by atoms with Gasteiger partial charge in [0.25, 0.3) is 0 Å². The normalized spacial score (nSPS) is 11.7. The topological polar surface area (TPSA) is 48.0 Å². The van der Waals surface area contributed by atoms with Crippen molar-refractivity contribution in [3.8, 4) is 33.1 Å². The summed E-state index contributed by atoms with van der Waals surface area (Å²) < 4.78 is 33.7. The SMILES string of the molecule is Fc1ccc(-c2nn(C(c3ccccc3)(c3ccccc3)c3ccccc3)cc2-c2cc(F)c3ncc(-c4nccs4)n3c2)cc1. The smallest absolute Gasteiger partial charge is 0.173 e. The average molecular weight is 622 g/mol. The van der Waals surface area contributed by atoms with Crippen molar-refractivity contribution in [2.75, 3.05) is 0 Å². The average Bonchev–Trinajstić information content (AvgIpc) is 3.88. The van der Waals surface area contributed by atoms with Crippen LogP contribution in [0.1, 0.15) is 16.7 Å². The molecule has 4 aromatic carbocycles. The Labute approximate surface area is 267 Å². The molecule has 0 aliphatic rings. The van der Waals surface area contributed by atoms with Crippen LogP contribution in [0.15, 0.2) is 151 Å². The van der Waals surface area contributed by atoms with Gasteiger partial charge in [0.15, 0.2) is 11.5 Å². The van der Waals surface area contributed by atoms with Gasteiger partial charge in [-0.05, 0) is 47.0 Å². The molecule has 8 rings (SSSR count). The van der Waals surface area contributed by atoms with Gasteiger partial charge in [-0.1, -0.05) is 91.0 Å². The van der Waals surface area contributed by atoms with Crippen molar-refractivity contribution in [2.45, 2.75) is 5.54 Å². The summed E-state index contributed by atoms with van der Waals surface area (Å²) in [6.07, 6.45) is 7.18. The Morgan fingerprint density at radius 1 is 0.652 bits per heavy atom. The third kappa shape index (κ3) is 4.53. The molecule has 0 saturated carbocycles. The number of nitrogens with zero attached hydrogens (tertiary/aromatic N) is 5. The highest BCUT2D eigenvalue weighted by molar-refractivity contribution is 7.13. The van der Waals surface area contributed by atoms with Crippen LogP contribution in [0.25, 0.3) is 38.7 Å². The molecule has 0 atom stereocenters. The number of thiazole rings is 1. The summed E-state index contributed by atoms with van der Waals surface area (Å²) in [7, 11) is 0. The summed E-state index contributed by atoms with van der Waals surface area (Å²) in [5.41, 5.74) is 5.53. The summed E-state index contributed by atoms with van der Waals surface area (Å²) in [5.74, 6) is -0.825. The fourth-order valence-corrected chi connectivity index (χ4v) is 6.86. The fraction of sp³-hybridized carbons (Fsp3) is 0.0263. The zero-order chi connectivity index (χ0) is 31.1. The highest BCUT2D eigenvalue weighted by Gasteiger charge is 2.40. The van der Waals surface area contributed by atoms with E-state index in [0.29, 0.717) is 28.1 Å². The van der Waals surface area contributed by atoms with E-state index in [4.69, 9.17) is 5.10 Å². The third-order valence-corrected chi connectivity index (χ3v) is 9.07. The standard InChI is InChI=1S/C38H25F2N5S/c39-31-18-16-26(17-19-31)35-32(27-22-33(40)36-42-23-34(44(36)24-27)37-41-20-21-46-37)25-45(43-35)38(28-10-4-1-5-11-28,29-12-6-2-7-13-29)30-14-8-3-9-15-30/h1-25H. The zero-order valence-electron chi connectivity index (χ0n) is 24.3. The highest BCUT2D eigenvalue weighted by atomic mass is 32.1. The first-order valence-corrected chi connectivity index (χ1v) is 15.6. The lowest BCUT2D eigenvalue weighted by atomic mass is 9.77. The Balaban J connectivity index is 1.46. The van der Waals surface area contributed by atoms with Crippen molar-refractivity contribution in [1.82, 2.24) is 24.1 Å². The number of halogens is 2. The van der Waals surface area contributed by atoms with Crippen LogP contribution in [-0.4, -0.2) is 24.1 Å². The Morgan fingerprint density at radius 3 is 1.83 bits per heavy atom. The second kappa shape index (κ2) is 11.3. The summed E-state index contributed by atoms with van der Waals surface area (Å²) in [4.78, 5) is 8.79. The molecule has 46 heavy (non-hydrogen) atoms. The molecule has 222 valence electrons. The third-order valence-electron chi connectivity index (χ3n) is 8.27. The lowest BCUT2D eigenvalue weighted by Gasteiger charge is -2.36. The highest BCUT2D eigenvalue weighted by Crippen LogP contribution is 2.43. The van der Waals surface area contributed by atoms with E-state index in [-0.39, 0.29) is 11.5 Å². The maximum absolute atomic E-state index is 15.8. The van der Waals surface area contributed by atoms with E-state index in [2.05, 4.69) is 46.4 Å². The summed E-state index contributed by atoms with van der Waals surface area (Å²) in [6, 6.07) is 38.4. The van der Waals surface area contributed by atoms with E-state index < -0.39 is 11.4 Å². The minimum atomic E-state index is -0.902. The summed E-state index contributed by atoms with van der Waals surface area (Å²) in [5, 5.41) is 7.90. The molecular weight excluding hydrogens is 597 g/mol. The molecule has 0 unspecified atom stereocenters. The minimum Gasteiger partial charge on any atom is -0.294 e. The van der Waals surface area contributed by atoms with Gasteiger partial charge >= 0.3 is 0 Å². The number of pyridine rings is 1. The molecule has 0 N–H and O–H groups in total. The maximum atomic E-state index is 15.8. The van der Waals surface area contributed by atoms with Crippen molar-refractivity contribution in [1.29, 1.82) is 0 Å². The lowest BCUT2D eigenvalue weighted by molar-refractivity contribution is 0.461. The first-order chi connectivity index (χ1) is 22.6. The van der Waals surface area contributed by atoms with Crippen molar-refractivity contribution in [3.63, 3.8) is 0 Å². The first kappa shape index (κ1) is 27.8. The monoisotopic (exact) mass is 621 g/mol. The maximum Gasteiger partial charge on any atom is 0.173 e. The van der Waals surface area contributed by atoms with Crippen LogP contribution in [0.2, 0.25) is 0 Å². The number of fused-ring (bicyclic) bond motifs is 1. The van der Waals surface area contributed by atoms with Crippen LogP contribution in [0, 0.1) is 11.6 Å². The molecule has 5 nitrogen and oxygen atoms in total. The number of aromatic nitrogens is 5. The Morgan fingerprint density at radius 2 is 1.26 bits per heavy atom. The number of benzene rings is 4. The van der Waals surface area contributed by atoms with Gasteiger partial charge in [-0.15, -0.1) is 11.3 Å². The molecule has 0 aliphatic heterocycles. The van der Waals surface area contributed by atoms with Crippen molar-refractivity contribution >= 4 is 17.0 Å². The number of rotatable bonds is 7. The fourth-order valence-electron chi connectivity index (χ4n) is 6.21. The molecule has 0 bridgehead atoms. The van der Waals surface area contributed by atoms with Crippen LogP contribution in [0.5, 0.6) is 0 Å². The van der Waals surface area contributed by atoms with Crippen LogP contribution in [-0.2, 0) is 5.54 Å². The largest absolute Gasteiger partial charge is 0.294 e. The molecule has 8 heteroatoms. The molecule has 4 aromatic heterocycles. The van der Waals surface area contributed by atoms with Gasteiger partial charge < -0.3 is 0 Å². The van der Waals surface area contributed by atoms with E-state index in [0.717, 1.165) is 21.7 Å². The van der Waals surface area contributed by atoms with Gasteiger partial charge in [0, 0.05) is 40.7 Å². The first-order valence-electron chi connectivity index (χ1n) is 14.7. The van der Waals surface area contributed by atoms with Gasteiger partial charge in [-0.25, -0.2) is 18.7 Å². The predicted molar refractivity (Wildman–Crippen MR) is 177 cm³/mol. The number of imidazole rings is 1. The van der Waals surface area contributed by atoms with Gasteiger partial charge in [0.1, 0.15) is 27.8 Å². The molecular formula is C38H25F2N5S. The molecule has 0 saturated heterocycles. The Hall–Kier alpha value is -5.73. The zero-order valence-corrected chi connectivity index (χ0v) is 25.2. The van der Waals surface area contributed by atoms with Crippen molar-refractivity contribution in [2.24, 2.45) is 0 Å². The summed E-state index contributed by atoms with van der Waals surface area (Å²) in [6.45, 7) is 0. The lowest BCUT2D eigenvalue weighted by Crippen LogP contribution is -2.38. The number of hydrogen-bond acceptors (Lipinski definition) is 4. The van der Waals surface area contributed by atoms with Crippen molar-refractivity contribution < 1.29 is 8.78 Å². The van der Waals surface area contributed by atoms with Crippen LogP contribution in [0.3, 0.4) is 0 Å². The van der Waals surface area contributed by atoms with E-state index in [1.165, 1.54) is 29.5 Å². The second-order valence-electron chi connectivity index (χ2n) is 10.9. The molecule has 0 aliphatic carbocycles. The van der Waals surface area contributed by atoms with Gasteiger partial charge in [0.2, 0.25) is 0 Å². The molecule has 0 fully saturated rings. The Bertz CT molecular complexity index is 2170. The van der Waals surface area contributed by atoms with E-state index in [9.17, 15) is 4.39 Å². The van der Waals surface area contributed by atoms with E-state index in [1.807, 2.05) is 77.1 Å². The number of hydrogen-bond donors (Lipinski definition) is 0. The van der Waals surface area contributed by atoms with Crippen LogP contribution < -0.4 is 0 Å². The second-order valence-corrected chi connectivity index (χ2v) is 11.8. The molecule has 0 spiro atoms. The quantitative estimate of drug-likeness (QED) is 0.167.